The lowest BCUT2D eigenvalue weighted by molar-refractivity contribution is -0.274. The van der Waals surface area contributed by atoms with Gasteiger partial charge in [-0.2, -0.15) is 0 Å². The molecular formula is C17H12F3N3O2S. The van der Waals surface area contributed by atoms with Crippen LogP contribution in [0.2, 0.25) is 0 Å². The van der Waals surface area contributed by atoms with Gasteiger partial charge >= 0.3 is 6.36 Å². The number of rotatable bonds is 4. The Hall–Kier alpha value is -2.94. The summed E-state index contributed by atoms with van der Waals surface area (Å²) in [6.07, 6.45) is -1.63. The predicted molar refractivity (Wildman–Crippen MR) is 91.2 cm³/mol. The zero-order chi connectivity index (χ0) is 18.7. The van der Waals surface area contributed by atoms with E-state index in [2.05, 4.69) is 20.0 Å². The monoisotopic (exact) mass is 379 g/mol. The first-order valence-electron chi connectivity index (χ1n) is 7.37. The van der Waals surface area contributed by atoms with Crippen molar-refractivity contribution in [2.45, 2.75) is 13.3 Å². The van der Waals surface area contributed by atoms with Gasteiger partial charge in [-0.3, -0.25) is 9.78 Å². The van der Waals surface area contributed by atoms with Gasteiger partial charge in [0.05, 0.1) is 0 Å². The third-order valence-electron chi connectivity index (χ3n) is 3.28. The van der Waals surface area contributed by atoms with Gasteiger partial charge in [0.2, 0.25) is 0 Å². The molecule has 26 heavy (non-hydrogen) atoms. The lowest BCUT2D eigenvalue weighted by atomic mass is 10.2. The second kappa shape index (κ2) is 7.12. The average Bonchev–Trinajstić information content (AvgIpc) is 2.97. The summed E-state index contributed by atoms with van der Waals surface area (Å²) in [4.78, 5) is 21.2. The van der Waals surface area contributed by atoms with Crippen molar-refractivity contribution < 1.29 is 22.7 Å². The number of hydrogen-bond acceptors (Lipinski definition) is 5. The fraction of sp³-hybridized carbons (Fsp3) is 0.118. The van der Waals surface area contributed by atoms with Gasteiger partial charge in [-0.1, -0.05) is 0 Å². The summed E-state index contributed by atoms with van der Waals surface area (Å²) in [5.74, 6) is -0.682. The number of pyridine rings is 1. The minimum absolute atomic E-state index is 0.262. The van der Waals surface area contributed by atoms with Crippen molar-refractivity contribution in [1.82, 2.24) is 9.97 Å². The Labute approximate surface area is 150 Å². The van der Waals surface area contributed by atoms with Crippen LogP contribution in [0, 0.1) is 6.92 Å². The highest BCUT2D eigenvalue weighted by molar-refractivity contribution is 7.15. The maximum absolute atomic E-state index is 12.4. The van der Waals surface area contributed by atoms with Crippen LogP contribution in [0.15, 0.2) is 48.8 Å². The van der Waals surface area contributed by atoms with E-state index in [1.807, 2.05) is 0 Å². The number of ether oxygens (including phenoxy) is 1. The molecule has 0 aliphatic rings. The molecule has 0 aliphatic heterocycles. The molecule has 2 aromatic heterocycles. The molecule has 3 aromatic rings. The summed E-state index contributed by atoms with van der Waals surface area (Å²) in [5, 5.41) is 3.25. The number of aryl methyl sites for hydroxylation is 1. The normalized spacial score (nSPS) is 11.2. The Morgan fingerprint density at radius 3 is 2.38 bits per heavy atom. The average molecular weight is 379 g/mol. The Bertz CT molecular complexity index is 909. The molecule has 134 valence electrons. The number of amides is 1. The highest BCUT2D eigenvalue weighted by Gasteiger charge is 2.31. The van der Waals surface area contributed by atoms with Gasteiger partial charge in [0.1, 0.15) is 16.5 Å². The second-order valence-electron chi connectivity index (χ2n) is 5.19. The fourth-order valence-electron chi connectivity index (χ4n) is 2.16. The second-order valence-corrected chi connectivity index (χ2v) is 6.39. The number of nitrogens with zero attached hydrogens (tertiary/aromatic N) is 2. The molecule has 1 amide bonds. The Morgan fingerprint density at radius 1 is 1.12 bits per heavy atom. The van der Waals surface area contributed by atoms with E-state index in [0.29, 0.717) is 21.1 Å². The first-order chi connectivity index (χ1) is 12.3. The SMILES string of the molecule is Cc1sc(-c2ccc(OC(F)(F)F)cc2)nc1C(=O)Nc1ccncc1. The molecule has 1 aromatic carbocycles. The Morgan fingerprint density at radius 2 is 1.77 bits per heavy atom. The standard InChI is InChI=1S/C17H12F3N3O2S/c1-10-14(15(24)22-12-6-8-21-9-7-12)23-16(26-10)11-2-4-13(5-3-11)25-17(18,19)20/h2-9H,1H3,(H,21,22,24). The van der Waals surface area contributed by atoms with Crippen molar-refractivity contribution in [2.75, 3.05) is 5.32 Å². The van der Waals surface area contributed by atoms with Crippen LogP contribution in [-0.2, 0) is 0 Å². The molecule has 0 radical (unpaired) electrons. The van der Waals surface area contributed by atoms with Crippen LogP contribution in [0.25, 0.3) is 10.6 Å². The van der Waals surface area contributed by atoms with Crippen molar-refractivity contribution in [3.8, 4) is 16.3 Å². The number of anilines is 1. The van der Waals surface area contributed by atoms with Crippen molar-refractivity contribution in [2.24, 2.45) is 0 Å². The highest BCUT2D eigenvalue weighted by Crippen LogP contribution is 2.30. The summed E-state index contributed by atoms with van der Waals surface area (Å²) in [5.41, 5.74) is 1.45. The van der Waals surface area contributed by atoms with E-state index >= 15 is 0 Å². The topological polar surface area (TPSA) is 64.1 Å². The van der Waals surface area contributed by atoms with E-state index in [0.717, 1.165) is 0 Å². The minimum atomic E-state index is -4.74. The number of thiazole rings is 1. The zero-order valence-electron chi connectivity index (χ0n) is 13.4. The molecule has 0 unspecified atom stereocenters. The van der Waals surface area contributed by atoms with Crippen LogP contribution in [0.3, 0.4) is 0 Å². The smallest absolute Gasteiger partial charge is 0.406 e. The van der Waals surface area contributed by atoms with Gasteiger partial charge in [0.25, 0.3) is 5.91 Å². The summed E-state index contributed by atoms with van der Waals surface area (Å²) in [7, 11) is 0. The molecule has 9 heteroatoms. The summed E-state index contributed by atoms with van der Waals surface area (Å²) >= 11 is 1.28. The number of benzene rings is 1. The Balaban J connectivity index is 1.78. The summed E-state index contributed by atoms with van der Waals surface area (Å²) in [6, 6.07) is 8.64. The largest absolute Gasteiger partial charge is 0.573 e. The van der Waals surface area contributed by atoms with Gasteiger partial charge in [-0.25, -0.2) is 4.98 Å². The fourth-order valence-corrected chi connectivity index (χ4v) is 3.07. The third-order valence-corrected chi connectivity index (χ3v) is 4.30. The lowest BCUT2D eigenvalue weighted by Crippen LogP contribution is -2.16. The number of halogens is 3. The minimum Gasteiger partial charge on any atom is -0.406 e. The first kappa shape index (κ1) is 17.9. The zero-order valence-corrected chi connectivity index (χ0v) is 14.2. The number of carbonyl (C=O) groups is 1. The summed E-state index contributed by atoms with van der Waals surface area (Å²) in [6.45, 7) is 1.75. The van der Waals surface area contributed by atoms with Crippen molar-refractivity contribution in [3.63, 3.8) is 0 Å². The maximum Gasteiger partial charge on any atom is 0.573 e. The molecule has 2 heterocycles. The van der Waals surface area contributed by atoms with Crippen LogP contribution in [0.5, 0.6) is 5.75 Å². The molecule has 0 fully saturated rings. The van der Waals surface area contributed by atoms with Crippen LogP contribution < -0.4 is 10.1 Å². The molecule has 0 atom stereocenters. The molecule has 5 nitrogen and oxygen atoms in total. The molecule has 1 N–H and O–H groups in total. The van der Waals surface area contributed by atoms with Crippen LogP contribution in [-0.4, -0.2) is 22.2 Å². The number of alkyl halides is 3. The van der Waals surface area contributed by atoms with E-state index in [1.165, 1.54) is 35.6 Å². The molecule has 0 bridgehead atoms. The van der Waals surface area contributed by atoms with Crippen molar-refractivity contribution in [3.05, 3.63) is 59.4 Å². The van der Waals surface area contributed by atoms with E-state index < -0.39 is 6.36 Å². The van der Waals surface area contributed by atoms with Gasteiger partial charge in [0.15, 0.2) is 0 Å². The van der Waals surface area contributed by atoms with Crippen molar-refractivity contribution >= 4 is 22.9 Å². The van der Waals surface area contributed by atoms with Crippen LogP contribution >= 0.6 is 11.3 Å². The number of aromatic nitrogens is 2. The van der Waals surface area contributed by atoms with Crippen LogP contribution in [0.1, 0.15) is 15.4 Å². The van der Waals surface area contributed by atoms with E-state index in [9.17, 15) is 18.0 Å². The molecule has 0 saturated heterocycles. The molecule has 0 saturated carbocycles. The molecular weight excluding hydrogens is 367 g/mol. The predicted octanol–water partition coefficient (Wildman–Crippen LogP) is 4.66. The first-order valence-corrected chi connectivity index (χ1v) is 8.18. The Kier molecular flexibility index (Phi) is 4.90. The van der Waals surface area contributed by atoms with Crippen LogP contribution in [0.4, 0.5) is 18.9 Å². The van der Waals surface area contributed by atoms with Gasteiger partial charge in [-0.15, -0.1) is 24.5 Å². The quantitative estimate of drug-likeness (QED) is 0.716. The van der Waals surface area contributed by atoms with E-state index in [-0.39, 0.29) is 17.4 Å². The number of carbonyl (C=O) groups excluding carboxylic acids is 1. The molecule has 0 aliphatic carbocycles. The maximum atomic E-state index is 12.4. The van der Waals surface area contributed by atoms with Gasteiger partial charge in [-0.05, 0) is 43.3 Å². The van der Waals surface area contributed by atoms with Gasteiger partial charge < -0.3 is 10.1 Å². The molecule has 3 rings (SSSR count). The molecule has 0 spiro atoms. The van der Waals surface area contributed by atoms with Gasteiger partial charge in [0, 0.05) is 28.5 Å². The van der Waals surface area contributed by atoms with E-state index in [4.69, 9.17) is 0 Å². The third kappa shape index (κ3) is 4.37. The van der Waals surface area contributed by atoms with E-state index in [1.54, 1.807) is 31.5 Å². The highest BCUT2D eigenvalue weighted by atomic mass is 32.1. The lowest BCUT2D eigenvalue weighted by Gasteiger charge is -2.08. The number of nitrogens with one attached hydrogen (secondary N) is 1. The number of hydrogen-bond donors (Lipinski definition) is 1. The van der Waals surface area contributed by atoms with Crippen molar-refractivity contribution in [1.29, 1.82) is 0 Å². The summed E-state index contributed by atoms with van der Waals surface area (Å²) < 4.78 is 40.5.